The van der Waals surface area contributed by atoms with Crippen LogP contribution in [0.5, 0.6) is 23.1 Å². The predicted octanol–water partition coefficient (Wildman–Crippen LogP) is 5.71. The number of aromatic hydroxyl groups is 1. The number of nitrogens with zero attached hydrogens (tertiary/aromatic N) is 3. The van der Waals surface area contributed by atoms with Crippen molar-refractivity contribution in [2.45, 2.75) is 17.1 Å². The van der Waals surface area contributed by atoms with Crippen LogP contribution < -0.4 is 19.5 Å². The van der Waals surface area contributed by atoms with Gasteiger partial charge in [-0.2, -0.15) is 4.98 Å². The zero-order valence-corrected chi connectivity index (χ0v) is 20.4. The molecule has 0 bridgehead atoms. The molecule has 0 saturated heterocycles. The van der Waals surface area contributed by atoms with Gasteiger partial charge < -0.3 is 24.6 Å². The second kappa shape index (κ2) is 9.89. The summed E-state index contributed by atoms with van der Waals surface area (Å²) in [5.74, 6) is 1.36. The van der Waals surface area contributed by atoms with Gasteiger partial charge in [-0.15, -0.1) is 10.2 Å². The van der Waals surface area contributed by atoms with E-state index in [-0.39, 0.29) is 17.2 Å². The Kier molecular flexibility index (Phi) is 6.52. The number of fused-ring (bicyclic) bond motifs is 3. The van der Waals surface area contributed by atoms with Crippen LogP contribution in [0.1, 0.15) is 17.4 Å². The van der Waals surface area contributed by atoms with Crippen molar-refractivity contribution in [2.24, 2.45) is 0 Å². The lowest BCUT2D eigenvalue weighted by Gasteiger charge is -2.21. The van der Waals surface area contributed by atoms with Crippen LogP contribution in [0.15, 0.2) is 65.8 Å². The molecule has 35 heavy (non-hydrogen) atoms. The Balaban J connectivity index is 1.53. The largest absolute Gasteiger partial charge is 0.502 e. The summed E-state index contributed by atoms with van der Waals surface area (Å²) in [5.41, 5.74) is 3.78. The Hall–Kier alpha value is -3.69. The smallest absolute Gasteiger partial charge is 0.247 e. The summed E-state index contributed by atoms with van der Waals surface area (Å²) in [6.07, 6.45) is -0.668. The van der Waals surface area contributed by atoms with Gasteiger partial charge in [0.25, 0.3) is 0 Å². The first-order valence-electron chi connectivity index (χ1n) is 10.7. The number of thioether (sulfide) groups is 1. The van der Waals surface area contributed by atoms with Crippen LogP contribution in [0, 0.1) is 0 Å². The van der Waals surface area contributed by atoms with Crippen molar-refractivity contribution in [1.82, 2.24) is 15.2 Å². The molecule has 0 aliphatic carbocycles. The van der Waals surface area contributed by atoms with E-state index < -0.39 is 6.23 Å². The number of hydrogen-bond acceptors (Lipinski definition) is 9. The van der Waals surface area contributed by atoms with Crippen LogP contribution in [-0.4, -0.2) is 34.5 Å². The number of anilines is 1. The minimum Gasteiger partial charge on any atom is -0.502 e. The van der Waals surface area contributed by atoms with E-state index in [0.29, 0.717) is 33.1 Å². The minimum atomic E-state index is -0.668. The van der Waals surface area contributed by atoms with E-state index in [1.807, 2.05) is 48.5 Å². The molecule has 2 heterocycles. The highest BCUT2D eigenvalue weighted by molar-refractivity contribution is 7.98. The van der Waals surface area contributed by atoms with Gasteiger partial charge in [-0.1, -0.05) is 59.8 Å². The van der Waals surface area contributed by atoms with Crippen molar-refractivity contribution in [3.8, 4) is 34.4 Å². The summed E-state index contributed by atoms with van der Waals surface area (Å²) in [7, 11) is 2.95. The molecule has 0 fully saturated rings. The number of halogens is 1. The average Bonchev–Trinajstić information content (AvgIpc) is 3.05. The fraction of sp³-hybridized carbons (Fsp3) is 0.160. The molecule has 10 heteroatoms. The van der Waals surface area contributed by atoms with E-state index in [4.69, 9.17) is 25.8 Å². The number of rotatable bonds is 6. The zero-order valence-electron chi connectivity index (χ0n) is 18.9. The Morgan fingerprint density at radius 2 is 1.74 bits per heavy atom. The minimum absolute atomic E-state index is 0.0876. The summed E-state index contributed by atoms with van der Waals surface area (Å²) >= 11 is 7.71. The first kappa shape index (κ1) is 23.1. The average molecular weight is 509 g/mol. The predicted molar refractivity (Wildman–Crippen MR) is 134 cm³/mol. The van der Waals surface area contributed by atoms with Crippen LogP contribution in [0.25, 0.3) is 11.3 Å². The molecule has 1 aliphatic rings. The van der Waals surface area contributed by atoms with Gasteiger partial charge >= 0.3 is 0 Å². The summed E-state index contributed by atoms with van der Waals surface area (Å²) in [5, 5.41) is 23.6. The summed E-state index contributed by atoms with van der Waals surface area (Å²) in [6, 6.07) is 18.7. The third kappa shape index (κ3) is 4.65. The molecule has 1 aliphatic heterocycles. The quantitative estimate of drug-likeness (QED) is 0.317. The molecule has 1 atom stereocenters. The lowest BCUT2D eigenvalue weighted by Crippen LogP contribution is -2.17. The topological polar surface area (TPSA) is 98.6 Å². The van der Waals surface area contributed by atoms with E-state index in [2.05, 4.69) is 20.5 Å². The van der Waals surface area contributed by atoms with Crippen molar-refractivity contribution in [1.29, 1.82) is 0 Å². The number of phenols is 1. The van der Waals surface area contributed by atoms with Gasteiger partial charge in [0.15, 0.2) is 23.4 Å². The van der Waals surface area contributed by atoms with Gasteiger partial charge in [-0.05, 0) is 29.8 Å². The number of aromatic nitrogens is 3. The monoisotopic (exact) mass is 508 g/mol. The number of nitrogens with one attached hydrogen (secondary N) is 1. The van der Waals surface area contributed by atoms with Crippen LogP contribution in [-0.2, 0) is 5.75 Å². The molecule has 0 amide bonds. The molecule has 5 rings (SSSR count). The van der Waals surface area contributed by atoms with E-state index >= 15 is 0 Å². The lowest BCUT2D eigenvalue weighted by molar-refractivity contribution is 0.223. The van der Waals surface area contributed by atoms with Crippen molar-refractivity contribution < 1.29 is 19.3 Å². The van der Waals surface area contributed by atoms with Crippen molar-refractivity contribution in [3.63, 3.8) is 0 Å². The second-order valence-electron chi connectivity index (χ2n) is 7.59. The van der Waals surface area contributed by atoms with Gasteiger partial charge in [0, 0.05) is 27.6 Å². The Morgan fingerprint density at radius 1 is 1.03 bits per heavy atom. The first-order valence-corrected chi connectivity index (χ1v) is 12.0. The number of hydrogen-bond donors (Lipinski definition) is 2. The molecule has 4 aromatic rings. The molecule has 0 radical (unpaired) electrons. The Morgan fingerprint density at radius 3 is 2.49 bits per heavy atom. The van der Waals surface area contributed by atoms with Gasteiger partial charge in [0.05, 0.1) is 14.2 Å². The molecule has 8 nitrogen and oxygen atoms in total. The fourth-order valence-electron chi connectivity index (χ4n) is 3.68. The van der Waals surface area contributed by atoms with Crippen LogP contribution in [0.4, 0.5) is 5.69 Å². The number of para-hydroxylation sites is 1. The summed E-state index contributed by atoms with van der Waals surface area (Å²) in [4.78, 5) is 4.67. The van der Waals surface area contributed by atoms with E-state index in [1.54, 1.807) is 12.1 Å². The van der Waals surface area contributed by atoms with Gasteiger partial charge in [0.2, 0.25) is 16.8 Å². The van der Waals surface area contributed by atoms with Crippen molar-refractivity contribution in [2.75, 3.05) is 19.5 Å². The highest BCUT2D eigenvalue weighted by atomic mass is 35.5. The maximum absolute atomic E-state index is 10.3. The van der Waals surface area contributed by atoms with E-state index in [1.165, 1.54) is 26.0 Å². The van der Waals surface area contributed by atoms with Crippen LogP contribution >= 0.6 is 23.4 Å². The van der Waals surface area contributed by atoms with Crippen LogP contribution in [0.3, 0.4) is 0 Å². The highest BCUT2D eigenvalue weighted by Crippen LogP contribution is 2.43. The third-order valence-electron chi connectivity index (χ3n) is 5.45. The molecule has 0 unspecified atom stereocenters. The van der Waals surface area contributed by atoms with Gasteiger partial charge in [-0.25, -0.2) is 0 Å². The van der Waals surface area contributed by atoms with Gasteiger partial charge in [0.1, 0.15) is 0 Å². The molecule has 1 aromatic heterocycles. The Labute approximate surface area is 211 Å². The molecule has 0 spiro atoms. The number of ether oxygens (including phenoxy) is 3. The molecular formula is C25H21ClN4O4S. The SMILES string of the molecule is COc1cc([C@@H]2Nc3ccccc3-c3nnc(SCc4ccccc4Cl)nc3O2)cc(OC)c1O. The van der Waals surface area contributed by atoms with Crippen molar-refractivity contribution >= 4 is 29.1 Å². The summed E-state index contributed by atoms with van der Waals surface area (Å²) in [6.45, 7) is 0. The van der Waals surface area contributed by atoms with Crippen molar-refractivity contribution in [3.05, 3.63) is 76.8 Å². The summed E-state index contributed by atoms with van der Waals surface area (Å²) < 4.78 is 17.0. The fourth-order valence-corrected chi connectivity index (χ4v) is 4.75. The van der Waals surface area contributed by atoms with Crippen LogP contribution in [0.2, 0.25) is 5.02 Å². The first-order chi connectivity index (χ1) is 17.1. The standard InChI is InChI=1S/C25H21ClN4O4S/c1-32-19-11-15(12-20(33-2)22(19)31)23-27-18-10-6-4-8-16(18)21-24(34-23)28-25(30-29-21)35-13-14-7-3-5-9-17(14)26/h3-12,23,27,31H,13H2,1-2H3/t23-/m1/s1. The van der Waals surface area contributed by atoms with Gasteiger partial charge in [-0.3, -0.25) is 0 Å². The molecule has 2 N–H and O–H groups in total. The number of methoxy groups -OCH3 is 2. The lowest BCUT2D eigenvalue weighted by atomic mass is 10.1. The normalized spacial score (nSPS) is 14.1. The maximum atomic E-state index is 10.3. The maximum Gasteiger partial charge on any atom is 0.247 e. The molecule has 0 saturated carbocycles. The second-order valence-corrected chi connectivity index (χ2v) is 8.94. The van der Waals surface area contributed by atoms with E-state index in [9.17, 15) is 5.11 Å². The zero-order chi connectivity index (χ0) is 24.4. The highest BCUT2D eigenvalue weighted by Gasteiger charge is 2.27. The Bertz CT molecular complexity index is 1360. The third-order valence-corrected chi connectivity index (χ3v) is 6.71. The molecule has 3 aromatic carbocycles. The number of benzene rings is 3. The molecular weight excluding hydrogens is 488 g/mol. The molecule has 178 valence electrons. The van der Waals surface area contributed by atoms with E-state index in [0.717, 1.165) is 16.8 Å². The number of phenolic OH excluding ortho intramolecular Hbond substituents is 1.